The molecule has 0 atom stereocenters. The number of guanidine groups is 1. The summed E-state index contributed by atoms with van der Waals surface area (Å²) in [4.78, 5) is 14.8. The van der Waals surface area contributed by atoms with E-state index in [9.17, 15) is 8.42 Å². The van der Waals surface area contributed by atoms with E-state index in [4.69, 9.17) is 4.99 Å². The Kier molecular flexibility index (Phi) is 9.76. The van der Waals surface area contributed by atoms with Crippen molar-refractivity contribution < 1.29 is 8.42 Å². The summed E-state index contributed by atoms with van der Waals surface area (Å²) < 4.78 is 24.9. The van der Waals surface area contributed by atoms with Gasteiger partial charge in [-0.15, -0.1) is 24.0 Å². The lowest BCUT2D eigenvalue weighted by atomic mass is 9.98. The Morgan fingerprint density at radius 3 is 2.58 bits per heavy atom. The molecule has 0 saturated carbocycles. The molecule has 0 aliphatic carbocycles. The minimum Gasteiger partial charge on any atom is -0.357 e. The number of hydrogen-bond donors (Lipinski definition) is 2. The van der Waals surface area contributed by atoms with Crippen LogP contribution >= 0.6 is 24.0 Å². The van der Waals surface area contributed by atoms with Crippen LogP contribution in [0.15, 0.2) is 41.5 Å². The smallest absolute Gasteiger partial charge is 0.211 e. The summed E-state index contributed by atoms with van der Waals surface area (Å²) in [5.41, 5.74) is 2.11. The first-order valence-electron chi connectivity index (χ1n) is 10.4. The van der Waals surface area contributed by atoms with Crippen molar-refractivity contribution in [2.75, 3.05) is 39.5 Å². The molecule has 1 aliphatic heterocycles. The molecular weight excluding hydrogens is 527 g/mol. The van der Waals surface area contributed by atoms with Gasteiger partial charge < -0.3 is 15.2 Å². The maximum Gasteiger partial charge on any atom is 0.211 e. The lowest BCUT2D eigenvalue weighted by Gasteiger charge is -2.29. The molecule has 0 bridgehead atoms. The number of aliphatic imine (C=N–C) groups is 1. The fourth-order valence-corrected chi connectivity index (χ4v) is 4.49. The quantitative estimate of drug-likeness (QED) is 0.309. The van der Waals surface area contributed by atoms with Crippen LogP contribution in [0.4, 0.5) is 0 Å². The van der Waals surface area contributed by atoms with Gasteiger partial charge in [-0.05, 0) is 31.2 Å². The lowest BCUT2D eigenvalue weighted by Crippen LogP contribution is -2.40. The van der Waals surface area contributed by atoms with Crippen LogP contribution in [-0.2, 0) is 16.6 Å². The Morgan fingerprint density at radius 1 is 1.29 bits per heavy atom. The van der Waals surface area contributed by atoms with E-state index in [1.165, 1.54) is 6.26 Å². The second-order valence-corrected chi connectivity index (χ2v) is 9.75. The lowest BCUT2D eigenvalue weighted by molar-refractivity contribution is 0.279. The number of imidazole rings is 1. The topological polar surface area (TPSA) is 93.7 Å². The monoisotopic (exact) mass is 560 g/mol. The molecule has 172 valence electrons. The van der Waals surface area contributed by atoms with Crippen molar-refractivity contribution in [2.24, 2.45) is 10.9 Å². The molecule has 1 aromatic heterocycles. The Hall–Kier alpha value is -1.66. The van der Waals surface area contributed by atoms with E-state index in [0.717, 1.165) is 42.4 Å². The van der Waals surface area contributed by atoms with Crippen molar-refractivity contribution in [1.29, 1.82) is 0 Å². The van der Waals surface area contributed by atoms with E-state index in [1.54, 1.807) is 4.31 Å². The summed E-state index contributed by atoms with van der Waals surface area (Å²) >= 11 is 0. The van der Waals surface area contributed by atoms with Crippen molar-refractivity contribution in [1.82, 2.24) is 24.5 Å². The molecule has 0 amide bonds. The van der Waals surface area contributed by atoms with Gasteiger partial charge in [0.1, 0.15) is 5.82 Å². The molecule has 0 unspecified atom stereocenters. The molecule has 1 aliphatic rings. The number of nitrogens with zero attached hydrogens (tertiary/aromatic N) is 4. The van der Waals surface area contributed by atoms with Crippen molar-refractivity contribution >= 4 is 40.0 Å². The second-order valence-electron chi connectivity index (χ2n) is 7.77. The molecular formula is C21H33IN6O2S. The fraction of sp³-hybridized carbons (Fsp3) is 0.524. The molecule has 1 fully saturated rings. The molecule has 3 rings (SSSR count). The van der Waals surface area contributed by atoms with Crippen LogP contribution in [0.1, 0.15) is 25.6 Å². The molecule has 1 aromatic carbocycles. The number of nitrogens with one attached hydrogen (secondary N) is 2. The summed E-state index contributed by atoms with van der Waals surface area (Å²) in [6, 6.07) is 10.1. The average Bonchev–Trinajstić information content (AvgIpc) is 3.20. The first kappa shape index (κ1) is 25.6. The van der Waals surface area contributed by atoms with Gasteiger partial charge in [0.05, 0.1) is 24.7 Å². The number of H-pyrrole nitrogens is 1. The number of aromatic nitrogens is 2. The third kappa shape index (κ3) is 7.46. The van der Waals surface area contributed by atoms with Crippen molar-refractivity contribution in [2.45, 2.75) is 26.3 Å². The summed E-state index contributed by atoms with van der Waals surface area (Å²) in [7, 11) is -1.09. The zero-order valence-corrected chi connectivity index (χ0v) is 21.6. The third-order valence-corrected chi connectivity index (χ3v) is 6.64. The number of hydrogen-bond acceptors (Lipinski definition) is 4. The van der Waals surface area contributed by atoms with E-state index in [1.807, 2.05) is 38.4 Å². The Morgan fingerprint density at radius 2 is 1.97 bits per heavy atom. The average molecular weight is 561 g/mol. The first-order chi connectivity index (χ1) is 14.4. The SMILES string of the molecule is CCNC(=NCC1CCN(S(C)(=O)=O)CC1)N(C)Cc1ncc(-c2ccccc2)[nH]1.I. The van der Waals surface area contributed by atoms with Gasteiger partial charge in [0.25, 0.3) is 0 Å². The van der Waals surface area contributed by atoms with Crippen LogP contribution in [0, 0.1) is 5.92 Å². The van der Waals surface area contributed by atoms with Crippen molar-refractivity contribution in [3.63, 3.8) is 0 Å². The van der Waals surface area contributed by atoms with Gasteiger partial charge in [0, 0.05) is 33.2 Å². The third-order valence-electron chi connectivity index (χ3n) is 5.34. The van der Waals surface area contributed by atoms with Gasteiger partial charge in [0.2, 0.25) is 10.0 Å². The highest BCUT2D eigenvalue weighted by Gasteiger charge is 2.24. The van der Waals surface area contributed by atoms with Crippen LogP contribution in [0.5, 0.6) is 0 Å². The predicted molar refractivity (Wildman–Crippen MR) is 136 cm³/mol. The fourth-order valence-electron chi connectivity index (χ4n) is 3.62. The predicted octanol–water partition coefficient (Wildman–Crippen LogP) is 2.76. The van der Waals surface area contributed by atoms with Gasteiger partial charge in [-0.25, -0.2) is 17.7 Å². The number of piperidine rings is 1. The van der Waals surface area contributed by atoms with E-state index in [2.05, 4.69) is 32.3 Å². The first-order valence-corrected chi connectivity index (χ1v) is 12.3. The highest BCUT2D eigenvalue weighted by atomic mass is 127. The van der Waals surface area contributed by atoms with Gasteiger partial charge >= 0.3 is 0 Å². The molecule has 1 saturated heterocycles. The number of aromatic amines is 1. The van der Waals surface area contributed by atoms with Crippen molar-refractivity contribution in [3.8, 4) is 11.3 Å². The van der Waals surface area contributed by atoms with E-state index in [0.29, 0.717) is 32.1 Å². The Labute approximate surface area is 202 Å². The standard InChI is InChI=1S/C21H32N6O2S.HI/c1-4-22-21(24-14-17-10-12-27(13-11-17)30(3,28)29)26(2)16-20-23-15-19(25-20)18-8-6-5-7-9-18;/h5-9,15,17H,4,10-14,16H2,1-3H3,(H,22,24)(H,23,25);1H. The summed E-state index contributed by atoms with van der Waals surface area (Å²) in [5.74, 6) is 2.11. The van der Waals surface area contributed by atoms with Crippen LogP contribution in [0.25, 0.3) is 11.3 Å². The molecule has 8 nitrogen and oxygen atoms in total. The Bertz CT molecular complexity index is 940. The number of rotatable bonds is 7. The molecule has 2 N–H and O–H groups in total. The number of benzene rings is 1. The highest BCUT2D eigenvalue weighted by molar-refractivity contribution is 14.0. The van der Waals surface area contributed by atoms with Gasteiger partial charge in [-0.2, -0.15) is 0 Å². The van der Waals surface area contributed by atoms with Crippen LogP contribution in [0.3, 0.4) is 0 Å². The second kappa shape index (κ2) is 11.8. The van der Waals surface area contributed by atoms with Gasteiger partial charge in [0.15, 0.2) is 5.96 Å². The maximum absolute atomic E-state index is 11.7. The van der Waals surface area contributed by atoms with E-state index >= 15 is 0 Å². The molecule has 31 heavy (non-hydrogen) atoms. The summed E-state index contributed by atoms with van der Waals surface area (Å²) in [6.07, 6.45) is 4.83. The minimum atomic E-state index is -3.09. The van der Waals surface area contributed by atoms with Crippen LogP contribution < -0.4 is 5.32 Å². The van der Waals surface area contributed by atoms with Crippen molar-refractivity contribution in [3.05, 3.63) is 42.4 Å². The number of halogens is 1. The maximum atomic E-state index is 11.7. The molecule has 0 radical (unpaired) electrons. The number of sulfonamides is 1. The van der Waals surface area contributed by atoms with Crippen LogP contribution in [-0.4, -0.2) is 73.0 Å². The molecule has 0 spiro atoms. The van der Waals surface area contributed by atoms with Gasteiger partial charge in [-0.3, -0.25) is 4.99 Å². The molecule has 10 heteroatoms. The zero-order valence-electron chi connectivity index (χ0n) is 18.4. The normalized spacial score (nSPS) is 16.0. The highest BCUT2D eigenvalue weighted by Crippen LogP contribution is 2.20. The molecule has 2 heterocycles. The minimum absolute atomic E-state index is 0. The van der Waals surface area contributed by atoms with E-state index in [-0.39, 0.29) is 24.0 Å². The zero-order chi connectivity index (χ0) is 21.6. The largest absolute Gasteiger partial charge is 0.357 e. The summed E-state index contributed by atoms with van der Waals surface area (Å²) in [6.45, 7) is 5.31. The van der Waals surface area contributed by atoms with E-state index < -0.39 is 10.0 Å². The van der Waals surface area contributed by atoms with Crippen LogP contribution in [0.2, 0.25) is 0 Å². The van der Waals surface area contributed by atoms with Gasteiger partial charge in [-0.1, -0.05) is 30.3 Å². The molecule has 2 aromatic rings. The summed E-state index contributed by atoms with van der Waals surface area (Å²) in [5, 5.41) is 3.34. The Balaban J connectivity index is 0.00000341.